The van der Waals surface area contributed by atoms with Gasteiger partial charge < -0.3 is 4.79 Å². The zero-order valence-corrected chi connectivity index (χ0v) is 12.3. The van der Waals surface area contributed by atoms with Crippen molar-refractivity contribution in [2.24, 2.45) is 23.7 Å². The highest BCUT2D eigenvalue weighted by Crippen LogP contribution is 2.63. The number of hydrogen-bond acceptors (Lipinski definition) is 1. The number of rotatable bonds is 3. The summed E-state index contributed by atoms with van der Waals surface area (Å²) in [7, 11) is 0. The molecule has 0 amide bonds. The van der Waals surface area contributed by atoms with E-state index in [-0.39, 0.29) is 5.41 Å². The molecule has 1 aromatic carbocycles. The van der Waals surface area contributed by atoms with Crippen molar-refractivity contribution < 1.29 is 4.79 Å². The lowest BCUT2D eigenvalue weighted by atomic mass is 9.43. The minimum atomic E-state index is 0.170. The minimum absolute atomic E-state index is 0.170. The second-order valence-electron chi connectivity index (χ2n) is 7.58. The first-order valence-corrected chi connectivity index (χ1v) is 8.23. The van der Waals surface area contributed by atoms with Crippen LogP contribution in [0.1, 0.15) is 49.7 Å². The molecule has 0 aromatic heterocycles. The van der Waals surface area contributed by atoms with Crippen molar-refractivity contribution in [2.45, 2.75) is 50.9 Å². The van der Waals surface area contributed by atoms with Crippen molar-refractivity contribution in [3.05, 3.63) is 35.4 Å². The van der Waals surface area contributed by atoms with Crippen LogP contribution in [0.15, 0.2) is 24.3 Å². The molecule has 1 heteroatoms. The zero-order valence-electron chi connectivity index (χ0n) is 12.3. The molecule has 4 saturated carbocycles. The van der Waals surface area contributed by atoms with Gasteiger partial charge in [0.2, 0.25) is 0 Å². The van der Waals surface area contributed by atoms with Gasteiger partial charge in [0.25, 0.3) is 0 Å². The van der Waals surface area contributed by atoms with E-state index in [1.54, 1.807) is 0 Å². The highest BCUT2D eigenvalue weighted by Gasteiger charge is 2.57. The van der Waals surface area contributed by atoms with E-state index in [2.05, 4.69) is 31.2 Å². The lowest BCUT2D eigenvalue weighted by molar-refractivity contribution is -0.115. The Balaban J connectivity index is 1.80. The van der Waals surface area contributed by atoms with Gasteiger partial charge in [-0.3, -0.25) is 0 Å². The number of benzene rings is 1. The Morgan fingerprint density at radius 3 is 2.05 bits per heavy atom. The standard InChI is InChI=1S/C19H24O/c1-13-2-4-16(5-3-13)19(6-7-20)17-9-14-8-15(11-17)12-18(19)10-14/h2-5,7,14-15,17-18H,6,8-12H2,1H3. The third-order valence-corrected chi connectivity index (χ3v) is 6.61. The fraction of sp³-hybridized carbons (Fsp3) is 0.632. The van der Waals surface area contributed by atoms with Crippen LogP contribution < -0.4 is 0 Å². The maximum Gasteiger partial charge on any atom is 0.120 e. The van der Waals surface area contributed by atoms with Gasteiger partial charge in [0, 0.05) is 11.8 Å². The summed E-state index contributed by atoms with van der Waals surface area (Å²) in [6.45, 7) is 2.15. The van der Waals surface area contributed by atoms with Gasteiger partial charge in [-0.25, -0.2) is 0 Å². The second kappa shape index (κ2) is 4.44. The van der Waals surface area contributed by atoms with E-state index in [0.717, 1.165) is 30.1 Å². The Kier molecular flexibility index (Phi) is 2.80. The summed E-state index contributed by atoms with van der Waals surface area (Å²) in [5.41, 5.74) is 2.94. The van der Waals surface area contributed by atoms with Gasteiger partial charge in [0.15, 0.2) is 0 Å². The predicted octanol–water partition coefficient (Wildman–Crippen LogP) is 4.28. The maximum atomic E-state index is 11.4. The Hall–Kier alpha value is -1.11. The van der Waals surface area contributed by atoms with Crippen LogP contribution in [0, 0.1) is 30.6 Å². The molecule has 0 radical (unpaired) electrons. The Morgan fingerprint density at radius 2 is 1.55 bits per heavy atom. The molecule has 0 saturated heterocycles. The molecule has 4 fully saturated rings. The van der Waals surface area contributed by atoms with Crippen LogP contribution >= 0.6 is 0 Å². The summed E-state index contributed by atoms with van der Waals surface area (Å²) in [6.07, 6.45) is 8.89. The van der Waals surface area contributed by atoms with Crippen LogP contribution in [0.3, 0.4) is 0 Å². The van der Waals surface area contributed by atoms with Crippen LogP contribution in [0.5, 0.6) is 0 Å². The highest BCUT2D eigenvalue weighted by molar-refractivity contribution is 5.55. The SMILES string of the molecule is Cc1ccc(C2(CC=O)C3CC4CC(C3)CC2C4)cc1. The largest absolute Gasteiger partial charge is 0.303 e. The van der Waals surface area contributed by atoms with Crippen molar-refractivity contribution in [1.29, 1.82) is 0 Å². The summed E-state index contributed by atoms with van der Waals surface area (Å²) >= 11 is 0. The first-order chi connectivity index (χ1) is 9.72. The maximum absolute atomic E-state index is 11.4. The second-order valence-corrected chi connectivity index (χ2v) is 7.58. The fourth-order valence-corrected chi connectivity index (χ4v) is 5.95. The quantitative estimate of drug-likeness (QED) is 0.748. The Labute approximate surface area is 121 Å². The summed E-state index contributed by atoms with van der Waals surface area (Å²) in [6, 6.07) is 9.07. The molecule has 0 heterocycles. The molecule has 106 valence electrons. The summed E-state index contributed by atoms with van der Waals surface area (Å²) < 4.78 is 0. The highest BCUT2D eigenvalue weighted by atomic mass is 16.1. The first kappa shape index (κ1) is 12.6. The van der Waals surface area contributed by atoms with E-state index in [9.17, 15) is 4.79 Å². The third kappa shape index (κ3) is 1.65. The zero-order chi connectivity index (χ0) is 13.7. The molecule has 4 aliphatic rings. The minimum Gasteiger partial charge on any atom is -0.303 e. The molecule has 0 spiro atoms. The summed E-state index contributed by atoms with van der Waals surface area (Å²) in [4.78, 5) is 11.4. The van der Waals surface area contributed by atoms with Gasteiger partial charge in [-0.1, -0.05) is 29.8 Å². The molecule has 5 rings (SSSR count). The van der Waals surface area contributed by atoms with E-state index in [1.165, 1.54) is 49.5 Å². The van der Waals surface area contributed by atoms with Gasteiger partial charge in [0.1, 0.15) is 6.29 Å². The number of carbonyl (C=O) groups excluding carboxylic acids is 1. The van der Waals surface area contributed by atoms with Crippen molar-refractivity contribution in [3.8, 4) is 0 Å². The van der Waals surface area contributed by atoms with Gasteiger partial charge in [-0.15, -0.1) is 0 Å². The summed E-state index contributed by atoms with van der Waals surface area (Å²) in [5, 5.41) is 0. The number of hydrogen-bond donors (Lipinski definition) is 0. The molecule has 0 N–H and O–H groups in total. The molecular weight excluding hydrogens is 244 g/mol. The van der Waals surface area contributed by atoms with Crippen molar-refractivity contribution >= 4 is 6.29 Å². The smallest absolute Gasteiger partial charge is 0.120 e. The third-order valence-electron chi connectivity index (χ3n) is 6.61. The number of carbonyl (C=O) groups is 1. The van der Waals surface area contributed by atoms with Crippen LogP contribution in [0.2, 0.25) is 0 Å². The van der Waals surface area contributed by atoms with Crippen molar-refractivity contribution in [2.75, 3.05) is 0 Å². The molecular formula is C19H24O. The molecule has 1 aromatic rings. The Bertz CT molecular complexity index is 485. The average molecular weight is 268 g/mol. The predicted molar refractivity (Wildman–Crippen MR) is 80.6 cm³/mol. The van der Waals surface area contributed by atoms with E-state index in [0.29, 0.717) is 0 Å². The van der Waals surface area contributed by atoms with Gasteiger partial charge in [-0.2, -0.15) is 0 Å². The van der Waals surface area contributed by atoms with Crippen LogP contribution in [-0.4, -0.2) is 6.29 Å². The monoisotopic (exact) mass is 268 g/mol. The molecule has 1 nitrogen and oxygen atoms in total. The Morgan fingerprint density at radius 1 is 1.00 bits per heavy atom. The molecule has 20 heavy (non-hydrogen) atoms. The van der Waals surface area contributed by atoms with Crippen LogP contribution in [-0.2, 0) is 10.2 Å². The average Bonchev–Trinajstić information content (AvgIpc) is 2.43. The lowest BCUT2D eigenvalue weighted by Crippen LogP contribution is -2.55. The molecule has 0 atom stereocenters. The normalized spacial score (nSPS) is 41.9. The van der Waals surface area contributed by atoms with Crippen molar-refractivity contribution in [1.82, 2.24) is 0 Å². The van der Waals surface area contributed by atoms with Gasteiger partial charge >= 0.3 is 0 Å². The molecule has 0 unspecified atom stereocenters. The molecule has 4 aliphatic carbocycles. The number of aldehydes is 1. The fourth-order valence-electron chi connectivity index (χ4n) is 5.95. The van der Waals surface area contributed by atoms with Gasteiger partial charge in [-0.05, 0) is 68.3 Å². The van der Waals surface area contributed by atoms with Gasteiger partial charge in [0.05, 0.1) is 0 Å². The first-order valence-electron chi connectivity index (χ1n) is 8.23. The topological polar surface area (TPSA) is 17.1 Å². The van der Waals surface area contributed by atoms with E-state index < -0.39 is 0 Å². The van der Waals surface area contributed by atoms with Crippen molar-refractivity contribution in [3.63, 3.8) is 0 Å². The van der Waals surface area contributed by atoms with Crippen LogP contribution in [0.4, 0.5) is 0 Å². The van der Waals surface area contributed by atoms with E-state index >= 15 is 0 Å². The van der Waals surface area contributed by atoms with Crippen LogP contribution in [0.25, 0.3) is 0 Å². The molecule has 0 aliphatic heterocycles. The van der Waals surface area contributed by atoms with E-state index in [4.69, 9.17) is 0 Å². The number of aryl methyl sites for hydroxylation is 1. The summed E-state index contributed by atoms with van der Waals surface area (Å²) in [5.74, 6) is 3.43. The lowest BCUT2D eigenvalue weighted by Gasteiger charge is -2.61. The molecule has 4 bridgehead atoms. The van der Waals surface area contributed by atoms with E-state index in [1.807, 2.05) is 0 Å².